The van der Waals surface area contributed by atoms with Gasteiger partial charge in [-0.15, -0.1) is 0 Å². The van der Waals surface area contributed by atoms with E-state index in [0.29, 0.717) is 6.54 Å². The molecule has 3 fully saturated rings. The van der Waals surface area contributed by atoms with Crippen molar-refractivity contribution in [3.63, 3.8) is 0 Å². The van der Waals surface area contributed by atoms with E-state index in [9.17, 15) is 28.8 Å². The van der Waals surface area contributed by atoms with Crippen molar-refractivity contribution in [1.29, 1.82) is 0 Å². The molecule has 12 nitrogen and oxygen atoms in total. The Morgan fingerprint density at radius 1 is 0.920 bits per heavy atom. The number of esters is 1. The molecule has 4 rings (SSSR count). The number of carbonyl (C=O) groups excluding carboxylic acids is 6. The number of benzene rings is 1. The molecular formula is C38H57N5O7. The Kier molecular flexibility index (Phi) is 11.1. The van der Waals surface area contributed by atoms with Crippen LogP contribution in [0.25, 0.3) is 0 Å². The fourth-order valence-electron chi connectivity index (χ4n) is 7.30. The van der Waals surface area contributed by atoms with Crippen LogP contribution in [0, 0.1) is 28.6 Å². The number of nitrogens with one attached hydrogen (secondary N) is 4. The molecule has 4 N–H and O–H groups in total. The third-order valence-corrected chi connectivity index (χ3v) is 10.5. The number of piperidine rings is 1. The van der Waals surface area contributed by atoms with Gasteiger partial charge < -0.3 is 30.9 Å². The zero-order valence-electron chi connectivity index (χ0n) is 31.4. The highest BCUT2D eigenvalue weighted by atomic mass is 16.6. The first kappa shape index (κ1) is 38.8. The number of amides is 5. The second kappa shape index (κ2) is 14.3. The van der Waals surface area contributed by atoms with Crippen molar-refractivity contribution in [3.05, 3.63) is 35.9 Å². The van der Waals surface area contributed by atoms with E-state index >= 15 is 0 Å². The molecule has 1 aromatic rings. The highest BCUT2D eigenvalue weighted by molar-refractivity contribution is 6.38. The summed E-state index contributed by atoms with van der Waals surface area (Å²) >= 11 is 0. The van der Waals surface area contributed by atoms with Crippen LogP contribution < -0.4 is 21.3 Å². The summed E-state index contributed by atoms with van der Waals surface area (Å²) in [7, 11) is 0. The quantitative estimate of drug-likeness (QED) is 0.191. The van der Waals surface area contributed by atoms with E-state index in [-0.39, 0.29) is 35.5 Å². The van der Waals surface area contributed by atoms with Crippen LogP contribution in [0.15, 0.2) is 30.3 Å². The Morgan fingerprint density at radius 2 is 1.54 bits per heavy atom. The zero-order chi connectivity index (χ0) is 37.4. The summed E-state index contributed by atoms with van der Waals surface area (Å²) in [5, 5.41) is 10.9. The average Bonchev–Trinajstić information content (AvgIpc) is 3.29. The van der Waals surface area contributed by atoms with Gasteiger partial charge in [0.2, 0.25) is 17.6 Å². The summed E-state index contributed by atoms with van der Waals surface area (Å²) in [5.41, 5.74) is -1.58. The van der Waals surface area contributed by atoms with Gasteiger partial charge in [-0.1, -0.05) is 84.2 Å². The van der Waals surface area contributed by atoms with Crippen molar-refractivity contribution in [2.75, 3.05) is 13.1 Å². The lowest BCUT2D eigenvalue weighted by atomic mass is 9.80. The minimum absolute atomic E-state index is 0.0708. The summed E-state index contributed by atoms with van der Waals surface area (Å²) in [4.78, 5) is 82.2. The van der Waals surface area contributed by atoms with Crippen molar-refractivity contribution in [2.24, 2.45) is 28.6 Å². The predicted molar refractivity (Wildman–Crippen MR) is 188 cm³/mol. The molecule has 5 amide bonds. The first-order chi connectivity index (χ1) is 23.0. The van der Waals surface area contributed by atoms with Crippen molar-refractivity contribution < 1.29 is 33.5 Å². The van der Waals surface area contributed by atoms with Crippen LogP contribution >= 0.6 is 0 Å². The first-order valence-corrected chi connectivity index (χ1v) is 17.8. The molecule has 1 aliphatic heterocycles. The zero-order valence-corrected chi connectivity index (χ0v) is 31.4. The van der Waals surface area contributed by atoms with Gasteiger partial charge in [-0.2, -0.15) is 0 Å². The van der Waals surface area contributed by atoms with E-state index in [1.165, 1.54) is 0 Å². The SMILES string of the molecule is CC(C)(C)NC(=O)N[C@H](C(=O)N1C[C@H]2[C@@H](C1C(=O)NC(CC1CCC1)C(=O)C(=O)NCC(=O)OC(C)(C)c1ccccc1)C2(C)C)C(C)(C)C. The normalized spacial score (nSPS) is 22.6. The second-order valence-electron chi connectivity index (χ2n) is 17.5. The van der Waals surface area contributed by atoms with Gasteiger partial charge in [0.05, 0.1) is 6.04 Å². The molecule has 2 unspecified atom stereocenters. The third-order valence-electron chi connectivity index (χ3n) is 10.5. The summed E-state index contributed by atoms with van der Waals surface area (Å²) in [6, 6.07) is 5.76. The molecule has 1 heterocycles. The maximum Gasteiger partial charge on any atom is 0.326 e. The smallest absolute Gasteiger partial charge is 0.326 e. The summed E-state index contributed by atoms with van der Waals surface area (Å²) in [6.45, 7) is 18.5. The lowest BCUT2D eigenvalue weighted by Crippen LogP contribution is -2.62. The summed E-state index contributed by atoms with van der Waals surface area (Å²) in [6.07, 6.45) is 3.04. The van der Waals surface area contributed by atoms with Gasteiger partial charge in [-0.25, -0.2) is 4.79 Å². The highest BCUT2D eigenvalue weighted by Gasteiger charge is 2.70. The van der Waals surface area contributed by atoms with Crippen LogP contribution in [-0.4, -0.2) is 77.2 Å². The largest absolute Gasteiger partial charge is 0.453 e. The molecule has 3 aliphatic rings. The molecule has 0 aromatic heterocycles. The number of carbonyl (C=O) groups is 6. The lowest BCUT2D eigenvalue weighted by Gasteiger charge is -2.38. The number of fused-ring (bicyclic) bond motifs is 1. The molecule has 0 spiro atoms. The van der Waals surface area contributed by atoms with Crippen LogP contribution in [0.2, 0.25) is 0 Å². The lowest BCUT2D eigenvalue weighted by molar-refractivity contribution is -0.157. The maximum atomic E-state index is 14.2. The molecule has 12 heteroatoms. The van der Waals surface area contributed by atoms with E-state index in [2.05, 4.69) is 35.1 Å². The van der Waals surface area contributed by atoms with Crippen molar-refractivity contribution >= 4 is 35.5 Å². The molecule has 0 radical (unpaired) electrons. The molecule has 5 atom stereocenters. The van der Waals surface area contributed by atoms with Crippen LogP contribution in [0.3, 0.4) is 0 Å². The van der Waals surface area contributed by atoms with E-state index in [1.54, 1.807) is 18.7 Å². The highest BCUT2D eigenvalue weighted by Crippen LogP contribution is 2.65. The van der Waals surface area contributed by atoms with Crippen LogP contribution in [0.5, 0.6) is 0 Å². The number of ether oxygens (including phenoxy) is 1. The Bertz CT molecular complexity index is 1470. The van der Waals surface area contributed by atoms with Gasteiger partial charge in [0.1, 0.15) is 24.2 Å². The minimum atomic E-state index is -1.13. The molecular weight excluding hydrogens is 638 g/mol. The number of nitrogens with zero attached hydrogens (tertiary/aromatic N) is 1. The fourth-order valence-corrected chi connectivity index (χ4v) is 7.30. The van der Waals surface area contributed by atoms with Crippen LogP contribution in [0.1, 0.15) is 100 Å². The molecule has 2 saturated carbocycles. The second-order valence-corrected chi connectivity index (χ2v) is 17.5. The molecule has 1 aromatic carbocycles. The number of hydrogen-bond donors (Lipinski definition) is 4. The number of likely N-dealkylation sites (tertiary alicyclic amines) is 1. The van der Waals surface area contributed by atoms with E-state index in [4.69, 9.17) is 4.74 Å². The number of ketones is 1. The van der Waals surface area contributed by atoms with Crippen molar-refractivity contribution in [3.8, 4) is 0 Å². The molecule has 1 saturated heterocycles. The van der Waals surface area contributed by atoms with Gasteiger partial charge in [0.25, 0.3) is 5.91 Å². The van der Waals surface area contributed by atoms with Crippen LogP contribution in [0.4, 0.5) is 4.79 Å². The molecule has 50 heavy (non-hydrogen) atoms. The standard InChI is InChI=1S/C38H57N5O7/c1-35(2,3)30(41-34(49)42-36(4,5)6)33(48)43-21-24-27(37(24,7)8)28(43)31(46)40-25(19-22-15-14-16-22)29(45)32(47)39-20-26(44)50-38(9,10)23-17-12-11-13-18-23/h11-13,17-18,22,24-25,27-28,30H,14-16,19-21H2,1-10H3,(H,39,47)(H,40,46)(H2,41,42,49)/t24-,25?,27-,28?,30+/m0/s1. The minimum Gasteiger partial charge on any atom is -0.453 e. The number of hydrogen-bond acceptors (Lipinski definition) is 7. The van der Waals surface area contributed by atoms with Crippen molar-refractivity contribution in [1.82, 2.24) is 26.2 Å². The van der Waals surface area contributed by atoms with E-state index in [0.717, 1.165) is 24.8 Å². The molecule has 2 aliphatic carbocycles. The van der Waals surface area contributed by atoms with Gasteiger partial charge >= 0.3 is 12.0 Å². The fraction of sp³-hybridized carbons (Fsp3) is 0.684. The Hall–Kier alpha value is -3.96. The van der Waals surface area contributed by atoms with E-state index in [1.807, 2.05) is 71.9 Å². The number of urea groups is 1. The summed E-state index contributed by atoms with van der Waals surface area (Å²) < 4.78 is 5.60. The first-order valence-electron chi connectivity index (χ1n) is 17.8. The average molecular weight is 696 g/mol. The van der Waals surface area contributed by atoms with Crippen molar-refractivity contribution in [2.45, 2.75) is 124 Å². The summed E-state index contributed by atoms with van der Waals surface area (Å²) in [5.74, 6) is -3.34. The number of Topliss-reactive ketones (excluding diaryl/α,β-unsaturated/α-hetero) is 1. The number of rotatable bonds is 12. The van der Waals surface area contributed by atoms with Gasteiger partial charge in [-0.3, -0.25) is 24.0 Å². The monoisotopic (exact) mass is 695 g/mol. The molecule has 276 valence electrons. The topological polar surface area (TPSA) is 163 Å². The Labute approximate surface area is 296 Å². The van der Waals surface area contributed by atoms with Crippen LogP contribution in [-0.2, 0) is 34.3 Å². The van der Waals surface area contributed by atoms with Gasteiger partial charge in [-0.05, 0) is 75.2 Å². The van der Waals surface area contributed by atoms with Gasteiger partial charge in [0, 0.05) is 12.1 Å². The van der Waals surface area contributed by atoms with Gasteiger partial charge in [0.15, 0.2) is 0 Å². The molecule has 0 bridgehead atoms. The Balaban J connectivity index is 1.47. The predicted octanol–water partition coefficient (Wildman–Crippen LogP) is 3.82. The third kappa shape index (κ3) is 9.03. The Morgan fingerprint density at radius 3 is 2.08 bits per heavy atom. The van der Waals surface area contributed by atoms with E-state index < -0.39 is 70.8 Å². The maximum absolute atomic E-state index is 14.2.